The summed E-state index contributed by atoms with van der Waals surface area (Å²) in [7, 11) is 0. The molecule has 1 aromatic heterocycles. The fourth-order valence-corrected chi connectivity index (χ4v) is 1.09. The Morgan fingerprint density at radius 2 is 1.79 bits per heavy atom. The minimum atomic E-state index is -1.17. The lowest BCUT2D eigenvalue weighted by atomic mass is 10.2. The van der Waals surface area contributed by atoms with Gasteiger partial charge in [-0.25, -0.2) is 18.4 Å². The third-order valence-electron chi connectivity index (χ3n) is 1.70. The lowest BCUT2D eigenvalue weighted by Crippen LogP contribution is -2.14. The largest absolute Gasteiger partial charge is 0.419 e. The van der Waals surface area contributed by atoms with E-state index in [-0.39, 0.29) is 10.9 Å². The quantitative estimate of drug-likeness (QED) is 0.681. The van der Waals surface area contributed by atoms with Gasteiger partial charge in [0.25, 0.3) is 0 Å². The van der Waals surface area contributed by atoms with Crippen LogP contribution in [0.5, 0.6) is 0 Å². The zero-order valence-electron chi connectivity index (χ0n) is 6.64. The number of H-pyrrole nitrogens is 1. The summed E-state index contributed by atoms with van der Waals surface area (Å²) in [5, 5.41) is -0.205. The third-order valence-corrected chi connectivity index (χ3v) is 1.70. The van der Waals surface area contributed by atoms with Crippen LogP contribution in [0.4, 0.5) is 8.78 Å². The Bertz CT molecular complexity index is 614. The first kappa shape index (κ1) is 8.61. The number of rotatable bonds is 0. The van der Waals surface area contributed by atoms with Gasteiger partial charge in [0, 0.05) is 6.07 Å². The van der Waals surface area contributed by atoms with Crippen molar-refractivity contribution in [2.24, 2.45) is 0 Å². The first-order valence-corrected chi connectivity index (χ1v) is 3.60. The topological polar surface area (TPSA) is 63.1 Å². The van der Waals surface area contributed by atoms with Gasteiger partial charge in [-0.1, -0.05) is 0 Å². The third kappa shape index (κ3) is 1.20. The van der Waals surface area contributed by atoms with Gasteiger partial charge in [-0.15, -0.1) is 0 Å². The molecule has 0 saturated heterocycles. The molecule has 4 nitrogen and oxygen atoms in total. The molecule has 1 N–H and O–H groups in total. The van der Waals surface area contributed by atoms with E-state index in [1.807, 2.05) is 0 Å². The summed E-state index contributed by atoms with van der Waals surface area (Å²) in [6, 6.07) is 1.40. The predicted octanol–water partition coefficient (Wildman–Crippen LogP) is 0.760. The van der Waals surface area contributed by atoms with Crippen LogP contribution in [0.25, 0.3) is 10.9 Å². The number of nitrogens with one attached hydrogen (secondary N) is 1. The molecule has 0 radical (unpaired) electrons. The molecular formula is C8H3F2NO3. The number of aromatic amines is 1. The van der Waals surface area contributed by atoms with E-state index < -0.39 is 23.0 Å². The van der Waals surface area contributed by atoms with E-state index in [4.69, 9.17) is 0 Å². The Kier molecular flexibility index (Phi) is 1.70. The van der Waals surface area contributed by atoms with Gasteiger partial charge in [-0.2, -0.15) is 0 Å². The first-order valence-electron chi connectivity index (χ1n) is 3.60. The van der Waals surface area contributed by atoms with Crippen LogP contribution in [0.2, 0.25) is 0 Å². The van der Waals surface area contributed by atoms with Crippen molar-refractivity contribution in [3.05, 3.63) is 44.7 Å². The van der Waals surface area contributed by atoms with Crippen LogP contribution < -0.4 is 11.4 Å². The van der Waals surface area contributed by atoms with E-state index in [1.54, 1.807) is 0 Å². The Labute approximate surface area is 74.8 Å². The van der Waals surface area contributed by atoms with Crippen LogP contribution in [0.15, 0.2) is 26.1 Å². The normalized spacial score (nSPS) is 10.7. The van der Waals surface area contributed by atoms with Crippen molar-refractivity contribution in [3.8, 4) is 0 Å². The van der Waals surface area contributed by atoms with Crippen molar-refractivity contribution in [1.29, 1.82) is 0 Å². The zero-order chi connectivity index (χ0) is 10.3. The summed E-state index contributed by atoms with van der Waals surface area (Å²) < 4.78 is 29.5. The summed E-state index contributed by atoms with van der Waals surface area (Å²) in [6.45, 7) is 0. The van der Waals surface area contributed by atoms with Gasteiger partial charge >= 0.3 is 11.4 Å². The molecule has 0 unspecified atom stereocenters. The Morgan fingerprint density at radius 3 is 2.50 bits per heavy atom. The zero-order valence-corrected chi connectivity index (χ0v) is 6.64. The fourth-order valence-electron chi connectivity index (χ4n) is 1.09. The second kappa shape index (κ2) is 2.76. The molecule has 0 spiro atoms. The lowest BCUT2D eigenvalue weighted by molar-refractivity contribution is 0.457. The van der Waals surface area contributed by atoms with Crippen LogP contribution >= 0.6 is 0 Å². The number of benzene rings is 1. The van der Waals surface area contributed by atoms with E-state index in [2.05, 4.69) is 9.40 Å². The lowest BCUT2D eigenvalue weighted by Gasteiger charge is -1.96. The van der Waals surface area contributed by atoms with E-state index in [1.165, 1.54) is 0 Å². The average molecular weight is 199 g/mol. The Balaban J connectivity index is 3.03. The predicted molar refractivity (Wildman–Crippen MR) is 43.0 cm³/mol. The highest BCUT2D eigenvalue weighted by Gasteiger charge is 2.08. The van der Waals surface area contributed by atoms with Crippen molar-refractivity contribution in [2.45, 2.75) is 0 Å². The van der Waals surface area contributed by atoms with Crippen LogP contribution in [-0.2, 0) is 0 Å². The number of hydrogen-bond acceptors (Lipinski definition) is 3. The van der Waals surface area contributed by atoms with Gasteiger partial charge in [0.15, 0.2) is 11.6 Å². The summed E-state index contributed by atoms with van der Waals surface area (Å²) in [5.74, 6) is -3.32. The molecule has 0 aliphatic rings. The average Bonchev–Trinajstić information content (AvgIpc) is 2.08. The SMILES string of the molecule is O=c1[nH]c2cc(F)c(F)cc2c(=O)o1. The summed E-state index contributed by atoms with van der Waals surface area (Å²) in [6.07, 6.45) is 0. The van der Waals surface area contributed by atoms with Crippen molar-refractivity contribution in [3.63, 3.8) is 0 Å². The van der Waals surface area contributed by atoms with Gasteiger partial charge < -0.3 is 4.42 Å². The van der Waals surface area contributed by atoms with E-state index >= 15 is 0 Å². The maximum atomic E-state index is 12.7. The molecule has 0 bridgehead atoms. The molecule has 2 aromatic rings. The Morgan fingerprint density at radius 1 is 1.14 bits per heavy atom. The van der Waals surface area contributed by atoms with Crippen LogP contribution in [0, 0.1) is 11.6 Å². The second-order valence-electron chi connectivity index (χ2n) is 2.61. The smallest absolute Gasteiger partial charge is 0.372 e. The fraction of sp³-hybridized carbons (Fsp3) is 0. The molecule has 1 heterocycles. The van der Waals surface area contributed by atoms with E-state index in [0.29, 0.717) is 6.07 Å². The number of hydrogen-bond donors (Lipinski definition) is 1. The molecule has 0 aliphatic carbocycles. The first-order chi connectivity index (χ1) is 6.58. The highest BCUT2D eigenvalue weighted by Crippen LogP contribution is 2.11. The molecule has 0 fully saturated rings. The molecule has 0 aliphatic heterocycles. The van der Waals surface area contributed by atoms with Crippen LogP contribution in [0.1, 0.15) is 0 Å². The van der Waals surface area contributed by atoms with Gasteiger partial charge in [0.05, 0.1) is 10.9 Å². The maximum Gasteiger partial charge on any atom is 0.419 e. The Hall–Kier alpha value is -1.98. The van der Waals surface area contributed by atoms with Crippen molar-refractivity contribution in [1.82, 2.24) is 4.98 Å². The standard InChI is InChI=1S/C8H3F2NO3/c9-4-1-3-6(2-5(4)10)11-8(13)14-7(3)12/h1-2H,(H,11,13). The van der Waals surface area contributed by atoms with Crippen LogP contribution in [0.3, 0.4) is 0 Å². The van der Waals surface area contributed by atoms with Gasteiger partial charge in [0.1, 0.15) is 0 Å². The van der Waals surface area contributed by atoms with Crippen molar-refractivity contribution >= 4 is 10.9 Å². The summed E-state index contributed by atoms with van der Waals surface area (Å²) in [4.78, 5) is 23.7. The minimum Gasteiger partial charge on any atom is -0.372 e. The highest BCUT2D eigenvalue weighted by molar-refractivity contribution is 5.76. The molecule has 2 rings (SSSR count). The van der Waals surface area contributed by atoms with E-state index in [9.17, 15) is 18.4 Å². The second-order valence-corrected chi connectivity index (χ2v) is 2.61. The van der Waals surface area contributed by atoms with E-state index in [0.717, 1.165) is 6.07 Å². The highest BCUT2D eigenvalue weighted by atomic mass is 19.2. The maximum absolute atomic E-state index is 12.7. The molecule has 1 aromatic carbocycles. The number of fused-ring (bicyclic) bond motifs is 1. The molecule has 0 saturated carbocycles. The molecule has 0 amide bonds. The summed E-state index contributed by atoms with van der Waals surface area (Å²) >= 11 is 0. The molecule has 14 heavy (non-hydrogen) atoms. The molecule has 6 heteroatoms. The van der Waals surface area contributed by atoms with Gasteiger partial charge in [0.2, 0.25) is 0 Å². The number of aromatic nitrogens is 1. The van der Waals surface area contributed by atoms with Gasteiger partial charge in [-0.3, -0.25) is 4.98 Å². The monoisotopic (exact) mass is 199 g/mol. The number of halogens is 2. The molecule has 72 valence electrons. The van der Waals surface area contributed by atoms with Crippen LogP contribution in [-0.4, -0.2) is 4.98 Å². The molecule has 0 atom stereocenters. The van der Waals surface area contributed by atoms with Crippen molar-refractivity contribution < 1.29 is 13.2 Å². The van der Waals surface area contributed by atoms with Gasteiger partial charge in [-0.05, 0) is 6.07 Å². The summed E-state index contributed by atoms with van der Waals surface area (Å²) in [5.41, 5.74) is -1.09. The van der Waals surface area contributed by atoms with Crippen molar-refractivity contribution in [2.75, 3.05) is 0 Å². The minimum absolute atomic E-state index is 0.0925. The molecular weight excluding hydrogens is 196 g/mol.